The van der Waals surface area contributed by atoms with E-state index in [1.165, 1.54) is 12.8 Å². The lowest BCUT2D eigenvalue weighted by atomic mass is 10.1. The van der Waals surface area contributed by atoms with Crippen LogP contribution < -0.4 is 4.74 Å². The molecule has 0 radical (unpaired) electrons. The Labute approximate surface area is 210 Å². The van der Waals surface area contributed by atoms with Gasteiger partial charge in [0.2, 0.25) is 5.91 Å². The van der Waals surface area contributed by atoms with Gasteiger partial charge < -0.3 is 14.4 Å². The highest BCUT2D eigenvalue weighted by Gasteiger charge is 2.33. The van der Waals surface area contributed by atoms with E-state index in [0.717, 1.165) is 30.4 Å². The molecule has 1 aliphatic carbocycles. The van der Waals surface area contributed by atoms with Crippen LogP contribution in [-0.2, 0) is 16.1 Å². The van der Waals surface area contributed by atoms with Gasteiger partial charge in [-0.25, -0.2) is 9.67 Å². The van der Waals surface area contributed by atoms with Gasteiger partial charge in [0.05, 0.1) is 31.2 Å². The Morgan fingerprint density at radius 1 is 1.17 bits per heavy atom. The van der Waals surface area contributed by atoms with Crippen molar-refractivity contribution < 1.29 is 14.3 Å². The Morgan fingerprint density at radius 3 is 2.66 bits per heavy atom. The predicted octanol–water partition coefficient (Wildman–Crippen LogP) is 4.48. The zero-order valence-corrected chi connectivity index (χ0v) is 20.7. The van der Waals surface area contributed by atoms with Crippen LogP contribution in [0.4, 0.5) is 0 Å². The SMILES string of the molecule is COc1ccc(-c2nc(-c3ccncc3)nn2CCN(C(=O)C2CCOC2)C2CCCC2)cc1Cl. The number of carbonyl (C=O) groups is 1. The average Bonchev–Trinajstić information content (AvgIpc) is 3.67. The number of amides is 1. The molecule has 5 rings (SSSR count). The first-order chi connectivity index (χ1) is 17.1. The molecule has 184 valence electrons. The van der Waals surface area contributed by atoms with E-state index in [-0.39, 0.29) is 17.9 Å². The van der Waals surface area contributed by atoms with Crippen molar-refractivity contribution in [1.82, 2.24) is 24.6 Å². The zero-order chi connectivity index (χ0) is 24.2. The average molecular weight is 496 g/mol. The number of methoxy groups -OCH3 is 1. The van der Waals surface area contributed by atoms with Gasteiger partial charge in [0, 0.05) is 42.7 Å². The van der Waals surface area contributed by atoms with E-state index in [1.807, 2.05) is 35.0 Å². The summed E-state index contributed by atoms with van der Waals surface area (Å²) in [5.74, 6) is 2.07. The van der Waals surface area contributed by atoms with Crippen molar-refractivity contribution in [2.75, 3.05) is 26.9 Å². The predicted molar refractivity (Wildman–Crippen MR) is 133 cm³/mol. The van der Waals surface area contributed by atoms with Crippen LogP contribution in [0, 0.1) is 5.92 Å². The lowest BCUT2D eigenvalue weighted by Gasteiger charge is -2.31. The summed E-state index contributed by atoms with van der Waals surface area (Å²) in [7, 11) is 1.59. The van der Waals surface area contributed by atoms with E-state index in [9.17, 15) is 4.79 Å². The van der Waals surface area contributed by atoms with Gasteiger partial charge >= 0.3 is 0 Å². The second-order valence-electron chi connectivity index (χ2n) is 9.10. The summed E-state index contributed by atoms with van der Waals surface area (Å²) in [4.78, 5) is 24.4. The van der Waals surface area contributed by atoms with E-state index in [1.54, 1.807) is 19.5 Å². The molecule has 1 atom stereocenters. The summed E-state index contributed by atoms with van der Waals surface area (Å²) in [5, 5.41) is 5.33. The second-order valence-corrected chi connectivity index (χ2v) is 9.50. The maximum atomic E-state index is 13.4. The van der Waals surface area contributed by atoms with Crippen molar-refractivity contribution in [3.8, 4) is 28.5 Å². The van der Waals surface area contributed by atoms with Crippen LogP contribution in [0.15, 0.2) is 42.7 Å². The minimum Gasteiger partial charge on any atom is -0.495 e. The second kappa shape index (κ2) is 10.7. The number of aromatic nitrogens is 4. The van der Waals surface area contributed by atoms with Gasteiger partial charge in [-0.2, -0.15) is 5.10 Å². The van der Waals surface area contributed by atoms with Gasteiger partial charge in [-0.15, -0.1) is 0 Å². The van der Waals surface area contributed by atoms with E-state index >= 15 is 0 Å². The number of ether oxygens (including phenoxy) is 2. The molecule has 3 aromatic rings. The highest BCUT2D eigenvalue weighted by atomic mass is 35.5. The number of halogens is 1. The van der Waals surface area contributed by atoms with Crippen LogP contribution in [0.25, 0.3) is 22.8 Å². The van der Waals surface area contributed by atoms with Crippen molar-refractivity contribution in [2.45, 2.75) is 44.7 Å². The lowest BCUT2D eigenvalue weighted by molar-refractivity contribution is -0.138. The molecule has 3 heterocycles. The Morgan fingerprint density at radius 2 is 1.97 bits per heavy atom. The van der Waals surface area contributed by atoms with Crippen molar-refractivity contribution in [2.24, 2.45) is 5.92 Å². The summed E-state index contributed by atoms with van der Waals surface area (Å²) < 4.78 is 12.7. The number of pyridine rings is 1. The molecule has 1 amide bonds. The van der Waals surface area contributed by atoms with Crippen LogP contribution in [0.3, 0.4) is 0 Å². The Hall–Kier alpha value is -2.97. The molecule has 0 spiro atoms. The van der Waals surface area contributed by atoms with Crippen LogP contribution in [-0.4, -0.2) is 63.5 Å². The third-order valence-electron chi connectivity index (χ3n) is 6.90. The first-order valence-electron chi connectivity index (χ1n) is 12.2. The van der Waals surface area contributed by atoms with Gasteiger partial charge in [-0.3, -0.25) is 9.78 Å². The molecule has 8 nitrogen and oxygen atoms in total. The van der Waals surface area contributed by atoms with E-state index < -0.39 is 0 Å². The first kappa shape index (κ1) is 23.8. The Kier molecular flexibility index (Phi) is 7.29. The topological polar surface area (TPSA) is 82.4 Å². The molecule has 2 aliphatic rings. The molecule has 9 heteroatoms. The summed E-state index contributed by atoms with van der Waals surface area (Å²) in [5.41, 5.74) is 1.72. The van der Waals surface area contributed by atoms with Gasteiger partial charge in [0.25, 0.3) is 0 Å². The van der Waals surface area contributed by atoms with E-state index in [2.05, 4.69) is 9.88 Å². The van der Waals surface area contributed by atoms with Crippen LogP contribution in [0.2, 0.25) is 5.02 Å². The monoisotopic (exact) mass is 495 g/mol. The summed E-state index contributed by atoms with van der Waals surface area (Å²) >= 11 is 6.43. The third kappa shape index (κ3) is 5.18. The Bertz CT molecular complexity index is 1160. The smallest absolute Gasteiger partial charge is 0.228 e. The van der Waals surface area contributed by atoms with Gasteiger partial charge in [-0.1, -0.05) is 24.4 Å². The highest BCUT2D eigenvalue weighted by molar-refractivity contribution is 6.32. The van der Waals surface area contributed by atoms with Crippen LogP contribution in [0.5, 0.6) is 5.75 Å². The number of benzene rings is 1. The van der Waals surface area contributed by atoms with E-state index in [4.69, 9.17) is 31.2 Å². The molecule has 2 fully saturated rings. The van der Waals surface area contributed by atoms with Crippen LogP contribution in [0.1, 0.15) is 32.1 Å². The fourth-order valence-corrected chi connectivity index (χ4v) is 5.25. The lowest BCUT2D eigenvalue weighted by Crippen LogP contribution is -2.44. The fourth-order valence-electron chi connectivity index (χ4n) is 5.00. The zero-order valence-electron chi connectivity index (χ0n) is 19.9. The fraction of sp³-hybridized carbons (Fsp3) is 0.462. The first-order valence-corrected chi connectivity index (χ1v) is 12.6. The van der Waals surface area contributed by atoms with Gasteiger partial charge in [-0.05, 0) is 49.6 Å². The molecule has 1 aliphatic heterocycles. The number of carbonyl (C=O) groups excluding carboxylic acids is 1. The molecule has 1 aromatic carbocycles. The third-order valence-corrected chi connectivity index (χ3v) is 7.20. The molecular formula is C26H30ClN5O3. The van der Waals surface area contributed by atoms with Crippen molar-refractivity contribution in [3.63, 3.8) is 0 Å². The molecule has 35 heavy (non-hydrogen) atoms. The Balaban J connectivity index is 1.45. The quantitative estimate of drug-likeness (QED) is 0.458. The summed E-state index contributed by atoms with van der Waals surface area (Å²) in [6.07, 6.45) is 8.70. The van der Waals surface area contributed by atoms with Crippen molar-refractivity contribution in [3.05, 3.63) is 47.7 Å². The normalized spacial score (nSPS) is 18.2. The maximum absolute atomic E-state index is 13.4. The molecule has 1 saturated heterocycles. The molecular weight excluding hydrogens is 466 g/mol. The van der Waals surface area contributed by atoms with Crippen molar-refractivity contribution in [1.29, 1.82) is 0 Å². The molecule has 0 N–H and O–H groups in total. The van der Waals surface area contributed by atoms with Gasteiger partial charge in [0.1, 0.15) is 5.75 Å². The molecule has 2 aromatic heterocycles. The molecule has 1 saturated carbocycles. The number of rotatable bonds is 8. The number of nitrogens with zero attached hydrogens (tertiary/aromatic N) is 5. The van der Waals surface area contributed by atoms with Crippen LogP contribution >= 0.6 is 11.6 Å². The van der Waals surface area contributed by atoms with Crippen molar-refractivity contribution >= 4 is 17.5 Å². The number of hydrogen-bond donors (Lipinski definition) is 0. The summed E-state index contributed by atoms with van der Waals surface area (Å²) in [6, 6.07) is 9.66. The minimum absolute atomic E-state index is 0.0430. The minimum atomic E-state index is -0.0430. The number of hydrogen-bond acceptors (Lipinski definition) is 6. The van der Waals surface area contributed by atoms with Gasteiger partial charge in [0.15, 0.2) is 11.6 Å². The van der Waals surface area contributed by atoms with E-state index in [0.29, 0.717) is 48.7 Å². The largest absolute Gasteiger partial charge is 0.495 e. The standard InChI is InChI=1S/C26H30ClN5O3/c1-34-23-7-6-19(16-22(23)27)25-29-24(18-8-11-28-12-9-18)30-32(25)14-13-31(21-4-2-3-5-21)26(33)20-10-15-35-17-20/h6-9,11-12,16,20-21H,2-5,10,13-15,17H2,1H3. The highest BCUT2D eigenvalue weighted by Crippen LogP contribution is 2.31. The molecule has 1 unspecified atom stereocenters. The summed E-state index contributed by atoms with van der Waals surface area (Å²) in [6.45, 7) is 2.30. The molecule has 0 bridgehead atoms. The maximum Gasteiger partial charge on any atom is 0.228 e.